The number of para-hydroxylation sites is 2. The Hall–Kier alpha value is -3.88. The van der Waals surface area contributed by atoms with E-state index < -0.39 is 6.36 Å². The van der Waals surface area contributed by atoms with Crippen molar-refractivity contribution in [3.63, 3.8) is 0 Å². The van der Waals surface area contributed by atoms with Crippen LogP contribution in [0.3, 0.4) is 0 Å². The molecule has 9 heteroatoms. The minimum absolute atomic E-state index is 0.318. The zero-order chi connectivity index (χ0) is 20.0. The first-order valence-corrected chi connectivity index (χ1v) is 8.53. The van der Waals surface area contributed by atoms with Crippen LogP contribution in [0.25, 0.3) is 39.6 Å². The van der Waals surface area contributed by atoms with E-state index in [1.54, 1.807) is 16.7 Å². The lowest BCUT2D eigenvalue weighted by Gasteiger charge is -2.11. The summed E-state index contributed by atoms with van der Waals surface area (Å²) in [5.74, 6) is 0.594. The van der Waals surface area contributed by atoms with E-state index in [0.717, 1.165) is 0 Å². The molecule has 0 aliphatic heterocycles. The van der Waals surface area contributed by atoms with Crippen molar-refractivity contribution < 1.29 is 22.3 Å². The second kappa shape index (κ2) is 6.33. The van der Waals surface area contributed by atoms with Crippen LogP contribution >= 0.6 is 0 Å². The highest BCUT2D eigenvalue weighted by Gasteiger charge is 2.31. The Morgan fingerprint density at radius 3 is 2.21 bits per heavy atom. The quantitative estimate of drug-likeness (QED) is 0.423. The van der Waals surface area contributed by atoms with Gasteiger partial charge < -0.3 is 9.15 Å². The number of aromatic nitrogens is 4. The smallest absolute Gasteiger partial charge is 0.461 e. The van der Waals surface area contributed by atoms with Gasteiger partial charge in [-0.2, -0.15) is 0 Å². The Bertz CT molecular complexity index is 1310. The van der Waals surface area contributed by atoms with Gasteiger partial charge in [-0.1, -0.05) is 12.1 Å². The minimum Gasteiger partial charge on any atom is -0.461 e. The maximum Gasteiger partial charge on any atom is 0.573 e. The Kier molecular flexibility index (Phi) is 3.76. The second-order valence-corrected chi connectivity index (χ2v) is 6.15. The van der Waals surface area contributed by atoms with Crippen LogP contribution in [0.5, 0.6) is 5.75 Å². The average Bonchev–Trinajstić information content (AvgIpc) is 3.33. The third-order valence-electron chi connectivity index (χ3n) is 4.24. The molecule has 29 heavy (non-hydrogen) atoms. The number of benzene rings is 2. The highest BCUT2D eigenvalue weighted by atomic mass is 19.4. The van der Waals surface area contributed by atoms with E-state index in [-0.39, 0.29) is 5.75 Å². The summed E-state index contributed by atoms with van der Waals surface area (Å²) in [6, 6.07) is 16.3. The van der Waals surface area contributed by atoms with Gasteiger partial charge in [0, 0.05) is 5.69 Å². The lowest BCUT2D eigenvalue weighted by molar-refractivity contribution is -0.274. The molecule has 3 aromatic heterocycles. The van der Waals surface area contributed by atoms with Crippen LogP contribution in [0, 0.1) is 0 Å². The van der Waals surface area contributed by atoms with Gasteiger partial charge >= 0.3 is 6.36 Å². The predicted molar refractivity (Wildman–Crippen MR) is 98.6 cm³/mol. The largest absolute Gasteiger partial charge is 0.573 e. The minimum atomic E-state index is -4.76. The van der Waals surface area contributed by atoms with E-state index >= 15 is 0 Å². The van der Waals surface area contributed by atoms with Crippen molar-refractivity contribution in [2.75, 3.05) is 0 Å². The zero-order valence-corrected chi connectivity index (χ0v) is 14.6. The predicted octanol–water partition coefficient (Wildman–Crippen LogP) is 5.13. The number of hydrogen-bond donors (Lipinski definition) is 0. The molecule has 0 saturated carbocycles. The van der Waals surface area contributed by atoms with Crippen LogP contribution in [-0.4, -0.2) is 25.9 Å². The summed E-state index contributed by atoms with van der Waals surface area (Å²) in [6.45, 7) is 0. The average molecular weight is 396 g/mol. The summed E-state index contributed by atoms with van der Waals surface area (Å²) in [5, 5.41) is 0. The number of imidazole rings is 1. The van der Waals surface area contributed by atoms with E-state index in [1.165, 1.54) is 30.5 Å². The first-order chi connectivity index (χ1) is 14.0. The molecule has 0 saturated heterocycles. The standard InChI is InChI=1S/C20H11F3N4O2/c21-20(22,23)29-13-9-7-12(8-10-13)27-18(16-6-3-11-28-16)26-17-19(27)25-15-5-2-1-4-14(15)24-17/h1-11H. The summed E-state index contributed by atoms with van der Waals surface area (Å²) < 4.78 is 48.5. The van der Waals surface area contributed by atoms with Gasteiger partial charge in [0.25, 0.3) is 0 Å². The van der Waals surface area contributed by atoms with Gasteiger partial charge in [0.15, 0.2) is 22.9 Å². The molecular weight excluding hydrogens is 385 g/mol. The summed E-state index contributed by atoms with van der Waals surface area (Å²) in [6.07, 6.45) is -3.25. The van der Waals surface area contributed by atoms with Gasteiger partial charge in [-0.3, -0.25) is 4.57 Å². The van der Waals surface area contributed by atoms with E-state index in [9.17, 15) is 13.2 Å². The molecule has 0 spiro atoms. The SMILES string of the molecule is FC(F)(F)Oc1ccc(-n2c(-c3ccco3)nc3nc4ccccc4nc32)cc1. The van der Waals surface area contributed by atoms with Crippen molar-refractivity contribution in [3.05, 3.63) is 66.9 Å². The van der Waals surface area contributed by atoms with E-state index in [1.807, 2.05) is 24.3 Å². The number of furan rings is 1. The van der Waals surface area contributed by atoms with E-state index in [4.69, 9.17) is 4.42 Å². The number of hydrogen-bond acceptors (Lipinski definition) is 5. The van der Waals surface area contributed by atoms with Gasteiger partial charge in [0.2, 0.25) is 0 Å². The fraction of sp³-hybridized carbons (Fsp3) is 0.0500. The summed E-state index contributed by atoms with van der Waals surface area (Å²) in [5.41, 5.74) is 2.75. The van der Waals surface area contributed by atoms with Crippen molar-refractivity contribution >= 4 is 22.3 Å². The number of ether oxygens (including phenoxy) is 1. The zero-order valence-electron chi connectivity index (χ0n) is 14.6. The van der Waals surface area contributed by atoms with Crippen molar-refractivity contribution in [1.29, 1.82) is 0 Å². The highest BCUT2D eigenvalue weighted by Crippen LogP contribution is 2.30. The number of halogens is 3. The number of rotatable bonds is 3. The van der Waals surface area contributed by atoms with Crippen molar-refractivity contribution in [1.82, 2.24) is 19.5 Å². The van der Waals surface area contributed by atoms with Gasteiger partial charge in [-0.05, 0) is 48.5 Å². The van der Waals surface area contributed by atoms with Crippen molar-refractivity contribution in [3.8, 4) is 23.0 Å². The third kappa shape index (κ3) is 3.16. The van der Waals surface area contributed by atoms with Crippen LogP contribution < -0.4 is 4.74 Å². The maximum absolute atomic E-state index is 12.5. The molecule has 0 N–H and O–H groups in total. The number of alkyl halides is 3. The lowest BCUT2D eigenvalue weighted by atomic mass is 10.3. The topological polar surface area (TPSA) is 66.0 Å². The monoisotopic (exact) mass is 396 g/mol. The fourth-order valence-electron chi connectivity index (χ4n) is 3.07. The summed E-state index contributed by atoms with van der Waals surface area (Å²) in [4.78, 5) is 13.8. The van der Waals surface area contributed by atoms with Gasteiger partial charge in [-0.15, -0.1) is 13.2 Å². The van der Waals surface area contributed by atoms with Crippen molar-refractivity contribution in [2.24, 2.45) is 0 Å². The number of nitrogens with zero attached hydrogens (tertiary/aromatic N) is 4. The Labute approximate surface area is 161 Å². The fourth-order valence-corrected chi connectivity index (χ4v) is 3.07. The summed E-state index contributed by atoms with van der Waals surface area (Å²) in [7, 11) is 0. The Balaban J connectivity index is 1.72. The van der Waals surface area contributed by atoms with Crippen molar-refractivity contribution in [2.45, 2.75) is 6.36 Å². The maximum atomic E-state index is 12.5. The van der Waals surface area contributed by atoms with Gasteiger partial charge in [-0.25, -0.2) is 15.0 Å². The van der Waals surface area contributed by atoms with Crippen LogP contribution in [0.4, 0.5) is 13.2 Å². The molecule has 0 aliphatic rings. The molecule has 0 aliphatic carbocycles. The molecule has 6 nitrogen and oxygen atoms in total. The molecule has 0 amide bonds. The number of fused-ring (bicyclic) bond motifs is 2. The molecule has 0 atom stereocenters. The second-order valence-electron chi connectivity index (χ2n) is 6.15. The molecule has 0 radical (unpaired) electrons. The molecule has 5 aromatic rings. The molecule has 144 valence electrons. The highest BCUT2D eigenvalue weighted by molar-refractivity contribution is 5.85. The molecular formula is C20H11F3N4O2. The normalized spacial score (nSPS) is 12.0. The first kappa shape index (κ1) is 17.2. The van der Waals surface area contributed by atoms with Crippen LogP contribution in [-0.2, 0) is 0 Å². The molecule has 0 bridgehead atoms. The van der Waals surface area contributed by atoms with Gasteiger partial charge in [0.05, 0.1) is 17.3 Å². The van der Waals surface area contributed by atoms with Gasteiger partial charge in [0.1, 0.15) is 5.75 Å². The lowest BCUT2D eigenvalue weighted by Crippen LogP contribution is -2.17. The molecule has 2 aromatic carbocycles. The third-order valence-corrected chi connectivity index (χ3v) is 4.24. The Morgan fingerprint density at radius 1 is 0.828 bits per heavy atom. The molecule has 0 fully saturated rings. The molecule has 5 rings (SSSR count). The Morgan fingerprint density at radius 2 is 1.55 bits per heavy atom. The van der Waals surface area contributed by atoms with Crippen LogP contribution in [0.1, 0.15) is 0 Å². The first-order valence-electron chi connectivity index (χ1n) is 8.53. The van der Waals surface area contributed by atoms with Crippen LogP contribution in [0.2, 0.25) is 0 Å². The summed E-state index contributed by atoms with van der Waals surface area (Å²) >= 11 is 0. The van der Waals surface area contributed by atoms with E-state index in [0.29, 0.717) is 39.6 Å². The van der Waals surface area contributed by atoms with Crippen LogP contribution in [0.15, 0.2) is 71.3 Å². The molecule has 3 heterocycles. The molecule has 0 unspecified atom stereocenters. The van der Waals surface area contributed by atoms with E-state index in [2.05, 4.69) is 19.7 Å².